The maximum atomic E-state index is 15.2. The molecule has 26 heteroatoms. The average Bonchev–Trinajstić information content (AvgIpc) is 0.682. The van der Waals surface area contributed by atoms with Crippen LogP contribution in [0, 0.1) is 50.2 Å². The summed E-state index contributed by atoms with van der Waals surface area (Å²) >= 11 is 0. The van der Waals surface area contributed by atoms with Crippen LogP contribution in [0.1, 0.15) is 127 Å². The second-order valence-corrected chi connectivity index (χ2v) is 29.1. The molecule has 0 spiro atoms. The number of allylic oxidation sites excluding steroid dienone is 2. The van der Waals surface area contributed by atoms with Crippen molar-refractivity contribution in [1.29, 1.82) is 0 Å². The van der Waals surface area contributed by atoms with Gasteiger partial charge in [-0.3, -0.25) is 4.79 Å². The molecule has 0 unspecified atom stereocenters. The number of carbonyl (C=O) groups is 1. The SMILES string of the molecule is C[C@@H]1O[C@@H](O[C@@H]2[C@H](O)[C@@H](O[C@@H]3CC[C@]4(C)[C@H]5CC=C6[C@H]7CC(C)(C)CC[C@@]7(C(=O)O[C@H]7O[C@@H](CO[C@H]8O[C@H](CO)[C@@H](O[C@H]9O[C@@H](C)[C@@H](O)[C@H](O)[C@@H]9O)[C@@H](O)[C@H]8O)[C@@H](O)[C@H](O)[C@H]7O)CC[C@]6(C)[C@@]5(C)CC[C@H]4C3(C)C)O[C@@H](CO)[C@H]2O)[C@@H](O)[C@H](O)[C@H]1O. The Morgan fingerprint density at radius 1 is 0.512 bits per heavy atom. The molecule has 86 heavy (non-hydrogen) atoms. The molecule has 26 nitrogen and oxygen atoms in total. The lowest BCUT2D eigenvalue weighted by atomic mass is 9.33. The number of aliphatic hydroxyl groups is 15. The van der Waals surface area contributed by atoms with Gasteiger partial charge < -0.3 is 124 Å². The summed E-state index contributed by atoms with van der Waals surface area (Å²) in [4.78, 5) is 15.2. The largest absolute Gasteiger partial charge is 0.432 e. The zero-order valence-electron chi connectivity index (χ0n) is 50.7. The molecule has 10 rings (SSSR count). The Kier molecular flexibility index (Phi) is 19.2. The van der Waals surface area contributed by atoms with E-state index in [0.717, 1.165) is 25.7 Å². The van der Waals surface area contributed by atoms with Gasteiger partial charge in [-0.1, -0.05) is 60.1 Å². The van der Waals surface area contributed by atoms with Gasteiger partial charge in [0.25, 0.3) is 0 Å². The molecule has 0 bridgehead atoms. The van der Waals surface area contributed by atoms with Gasteiger partial charge in [-0.05, 0) is 123 Å². The number of fused-ring (bicyclic) bond motifs is 7. The van der Waals surface area contributed by atoms with Crippen molar-refractivity contribution in [2.24, 2.45) is 50.2 Å². The lowest BCUT2D eigenvalue weighted by Crippen LogP contribution is -2.67. The van der Waals surface area contributed by atoms with Crippen molar-refractivity contribution in [3.63, 3.8) is 0 Å². The molecule has 0 aromatic carbocycles. The molecule has 494 valence electrons. The number of esters is 1. The van der Waals surface area contributed by atoms with Crippen LogP contribution in [-0.4, -0.2) is 262 Å². The van der Waals surface area contributed by atoms with Crippen LogP contribution >= 0.6 is 0 Å². The third kappa shape index (κ3) is 11.2. The average molecular weight is 1240 g/mol. The van der Waals surface area contributed by atoms with Gasteiger partial charge in [0, 0.05) is 0 Å². The summed E-state index contributed by atoms with van der Waals surface area (Å²) in [5.74, 6) is -0.549. The Bertz CT molecular complexity index is 2400. The first-order valence-corrected chi connectivity index (χ1v) is 31.1. The molecule has 5 heterocycles. The first kappa shape index (κ1) is 67.1. The fraction of sp³-hybridized carbons (Fsp3) is 0.950. The van der Waals surface area contributed by atoms with E-state index in [1.54, 1.807) is 0 Å². The highest BCUT2D eigenvalue weighted by atomic mass is 16.8. The molecular weight excluding hydrogens is 1140 g/mol. The van der Waals surface area contributed by atoms with Gasteiger partial charge in [0.15, 0.2) is 25.2 Å². The van der Waals surface area contributed by atoms with E-state index < -0.39 is 196 Å². The molecule has 15 N–H and O–H groups in total. The third-order valence-corrected chi connectivity index (χ3v) is 23.4. The second kappa shape index (κ2) is 24.6. The van der Waals surface area contributed by atoms with Crippen molar-refractivity contribution in [1.82, 2.24) is 0 Å². The first-order valence-electron chi connectivity index (χ1n) is 31.1. The highest BCUT2D eigenvalue weighted by molar-refractivity contribution is 5.79. The summed E-state index contributed by atoms with van der Waals surface area (Å²) < 4.78 is 59.3. The quantitative estimate of drug-likeness (QED) is 0.0531. The van der Waals surface area contributed by atoms with Gasteiger partial charge >= 0.3 is 5.97 Å². The van der Waals surface area contributed by atoms with Crippen LogP contribution < -0.4 is 0 Å². The lowest BCUT2D eigenvalue weighted by molar-refractivity contribution is -0.367. The van der Waals surface area contributed by atoms with Crippen LogP contribution in [0.3, 0.4) is 0 Å². The highest BCUT2D eigenvalue weighted by Gasteiger charge is 2.70. The van der Waals surface area contributed by atoms with Gasteiger partial charge in [-0.2, -0.15) is 0 Å². The summed E-state index contributed by atoms with van der Waals surface area (Å²) in [5, 5.41) is 162. The Labute approximate surface area is 501 Å². The number of ether oxygens (including phenoxy) is 10. The van der Waals surface area contributed by atoms with E-state index in [-0.39, 0.29) is 39.4 Å². The normalized spacial score (nSPS) is 54.5. The van der Waals surface area contributed by atoms with Gasteiger partial charge in [-0.15, -0.1) is 0 Å². The minimum atomic E-state index is -1.89. The van der Waals surface area contributed by atoms with Crippen LogP contribution in [0.15, 0.2) is 11.6 Å². The van der Waals surface area contributed by atoms with Crippen molar-refractivity contribution >= 4 is 5.97 Å². The zero-order valence-corrected chi connectivity index (χ0v) is 50.7. The summed E-state index contributed by atoms with van der Waals surface area (Å²) in [6.45, 7) is 16.7. The molecule has 5 aliphatic heterocycles. The van der Waals surface area contributed by atoms with E-state index in [1.807, 2.05) is 0 Å². The summed E-state index contributed by atoms with van der Waals surface area (Å²) in [7, 11) is 0. The van der Waals surface area contributed by atoms with Gasteiger partial charge in [0.2, 0.25) is 6.29 Å². The minimum Gasteiger partial charge on any atom is -0.432 e. The van der Waals surface area contributed by atoms with Crippen LogP contribution in [-0.2, 0) is 52.2 Å². The fourth-order valence-corrected chi connectivity index (χ4v) is 17.8. The van der Waals surface area contributed by atoms with Crippen LogP contribution in [0.2, 0.25) is 0 Å². The van der Waals surface area contributed by atoms with Crippen molar-refractivity contribution in [3.05, 3.63) is 11.6 Å². The van der Waals surface area contributed by atoms with E-state index in [4.69, 9.17) is 47.4 Å². The zero-order chi connectivity index (χ0) is 62.9. The number of aliphatic hydroxyl groups excluding tert-OH is 15. The standard InChI is InChI=1S/C60H98O26/c1-24-34(63)38(67)42(71)50(78-24)84-47-29(22-62)81-49(45(74)41(47)70)77-23-30-36(65)40(69)44(73)52(82-30)86-54(76)60-18-16-55(3,4)20-27(60)26-10-11-32-57(7)14-13-33(56(5,6)31(57)12-15-59(32,9)58(26,8)17-19-60)83-53-46(75)48(37(66)28(21-61)80-53)85-51-43(72)39(68)35(64)25(2)79-51/h10,24-25,27-53,61-75H,11-23H2,1-9H3/t24-,25-,27+,28-,29+,30-,31-,32+,33+,34+,35-,36+,37+,38-,39+,40-,41-,42-,43-,44+,45+,46-,47+,48-,49-,50+,51-,52+,53+,57-,58-,59-,60+/m0/s1. The highest BCUT2D eigenvalue weighted by Crippen LogP contribution is 2.76. The number of hydrogen-bond acceptors (Lipinski definition) is 26. The van der Waals surface area contributed by atoms with Crippen LogP contribution in [0.4, 0.5) is 0 Å². The first-order chi connectivity index (χ1) is 40.2. The Hall–Kier alpha value is -1.75. The van der Waals surface area contributed by atoms with Crippen LogP contribution in [0.5, 0.6) is 0 Å². The Morgan fingerprint density at radius 3 is 1.66 bits per heavy atom. The van der Waals surface area contributed by atoms with E-state index in [2.05, 4.69) is 54.5 Å². The molecule has 5 aliphatic carbocycles. The van der Waals surface area contributed by atoms with Crippen molar-refractivity contribution in [2.75, 3.05) is 19.8 Å². The van der Waals surface area contributed by atoms with Crippen LogP contribution in [0.25, 0.3) is 0 Å². The summed E-state index contributed by atoms with van der Waals surface area (Å²) in [6.07, 6.45) is -30.6. The molecule has 0 radical (unpaired) electrons. The third-order valence-electron chi connectivity index (χ3n) is 23.4. The molecule has 9 fully saturated rings. The van der Waals surface area contributed by atoms with Crippen molar-refractivity contribution < 1.29 is 129 Å². The lowest BCUT2D eigenvalue weighted by Gasteiger charge is -2.71. The molecule has 4 saturated carbocycles. The van der Waals surface area contributed by atoms with E-state index in [1.165, 1.54) is 19.4 Å². The minimum absolute atomic E-state index is 0.125. The maximum absolute atomic E-state index is 15.2. The topological polar surface area (TPSA) is 413 Å². The molecule has 10 aliphatic rings. The van der Waals surface area contributed by atoms with Gasteiger partial charge in [-0.25, -0.2) is 0 Å². The molecule has 0 aromatic heterocycles. The molecular formula is C60H98O26. The molecule has 5 saturated heterocycles. The fourth-order valence-electron chi connectivity index (χ4n) is 17.8. The number of hydrogen-bond donors (Lipinski definition) is 15. The summed E-state index contributed by atoms with van der Waals surface area (Å²) in [6, 6.07) is 0. The number of carbonyl (C=O) groups excluding carboxylic acids is 1. The van der Waals surface area contributed by atoms with Gasteiger partial charge in [0.05, 0.1) is 43.5 Å². The van der Waals surface area contributed by atoms with E-state index >= 15 is 4.79 Å². The molecule has 0 aromatic rings. The monoisotopic (exact) mass is 1230 g/mol. The summed E-state index contributed by atoms with van der Waals surface area (Å²) in [5.41, 5.74) is -1.30. The predicted molar refractivity (Wildman–Crippen MR) is 293 cm³/mol. The van der Waals surface area contributed by atoms with Crippen molar-refractivity contribution in [3.8, 4) is 0 Å². The molecule has 33 atom stereocenters. The Morgan fingerprint density at radius 2 is 1.05 bits per heavy atom. The van der Waals surface area contributed by atoms with E-state index in [0.29, 0.717) is 38.5 Å². The Balaban J connectivity index is 0.821. The molecule has 0 amide bonds. The smallest absolute Gasteiger partial charge is 0.315 e. The second-order valence-electron chi connectivity index (χ2n) is 29.1. The number of rotatable bonds is 13. The van der Waals surface area contributed by atoms with Crippen molar-refractivity contribution in [2.45, 2.75) is 286 Å². The van der Waals surface area contributed by atoms with E-state index in [9.17, 15) is 76.6 Å². The van der Waals surface area contributed by atoms with Gasteiger partial charge in [0.1, 0.15) is 110 Å². The maximum Gasteiger partial charge on any atom is 0.315 e. The predicted octanol–water partition coefficient (Wildman–Crippen LogP) is -2.16.